The summed E-state index contributed by atoms with van der Waals surface area (Å²) in [5, 5.41) is 10.6. The SMILES string of the molecule is O=S([O-])O.O=[N+]([O-])c1ccc(Cl)cc1. The van der Waals surface area contributed by atoms with Crippen LogP contribution in [0.4, 0.5) is 5.69 Å². The van der Waals surface area contributed by atoms with Gasteiger partial charge in [-0.05, 0) is 12.1 Å². The Kier molecular flexibility index (Phi) is 5.97. The minimum Gasteiger partial charge on any atom is -0.750 e. The van der Waals surface area contributed by atoms with Crippen molar-refractivity contribution >= 4 is 28.6 Å². The molecule has 0 radical (unpaired) electrons. The molecule has 1 N–H and O–H groups in total. The number of hydrogen-bond acceptors (Lipinski definition) is 4. The molecule has 1 atom stereocenters. The van der Waals surface area contributed by atoms with E-state index in [-0.39, 0.29) is 5.69 Å². The van der Waals surface area contributed by atoms with E-state index in [4.69, 9.17) is 24.9 Å². The molecular weight excluding hydrogens is 234 g/mol. The van der Waals surface area contributed by atoms with Crippen molar-refractivity contribution in [3.05, 3.63) is 39.4 Å². The van der Waals surface area contributed by atoms with Crippen molar-refractivity contribution < 1.29 is 18.2 Å². The number of nitro groups is 1. The first-order chi connectivity index (χ1) is 6.43. The Morgan fingerprint density at radius 3 is 2.00 bits per heavy atom. The van der Waals surface area contributed by atoms with Crippen LogP contribution in [-0.4, -0.2) is 18.2 Å². The molecule has 0 fully saturated rings. The molecule has 0 aliphatic rings. The molecule has 0 amide bonds. The van der Waals surface area contributed by atoms with Gasteiger partial charge in [0.15, 0.2) is 0 Å². The Labute approximate surface area is 86.8 Å². The zero-order valence-corrected chi connectivity index (χ0v) is 8.20. The Bertz CT molecular complexity index is 323. The molecule has 0 saturated carbocycles. The number of nitrogens with zero attached hydrogens (tertiary/aromatic N) is 1. The van der Waals surface area contributed by atoms with Crippen molar-refractivity contribution in [2.45, 2.75) is 0 Å². The highest BCUT2D eigenvalue weighted by molar-refractivity contribution is 7.73. The van der Waals surface area contributed by atoms with Gasteiger partial charge in [-0.2, -0.15) is 0 Å². The van der Waals surface area contributed by atoms with E-state index in [2.05, 4.69) is 0 Å². The van der Waals surface area contributed by atoms with Gasteiger partial charge in [-0.3, -0.25) is 10.1 Å². The molecule has 0 saturated heterocycles. The third-order valence-electron chi connectivity index (χ3n) is 1.04. The third-order valence-corrected chi connectivity index (χ3v) is 1.29. The molecule has 6 nitrogen and oxygen atoms in total. The smallest absolute Gasteiger partial charge is 0.269 e. The molecule has 78 valence electrons. The van der Waals surface area contributed by atoms with Gasteiger partial charge in [0.2, 0.25) is 0 Å². The van der Waals surface area contributed by atoms with Crippen LogP contribution in [0.25, 0.3) is 0 Å². The summed E-state index contributed by atoms with van der Waals surface area (Å²) in [7, 11) is 0. The van der Waals surface area contributed by atoms with Crippen LogP contribution in [0.1, 0.15) is 0 Å². The summed E-state index contributed by atoms with van der Waals surface area (Å²) in [6.07, 6.45) is 0. The lowest BCUT2D eigenvalue weighted by molar-refractivity contribution is -0.384. The standard InChI is InChI=1S/C6H4ClNO2.H2O3S/c7-5-1-3-6(4-2-5)8(9)10;1-4(2)3/h1-4H;(H2,1,2,3)/p-1. The van der Waals surface area contributed by atoms with Gasteiger partial charge in [0, 0.05) is 17.2 Å². The molecule has 8 heteroatoms. The number of non-ortho nitro benzene ring substituents is 1. The highest BCUT2D eigenvalue weighted by Gasteiger charge is 2.01. The highest BCUT2D eigenvalue weighted by Crippen LogP contribution is 2.14. The maximum Gasteiger partial charge on any atom is 0.269 e. The van der Waals surface area contributed by atoms with E-state index in [0.29, 0.717) is 5.02 Å². The Balaban J connectivity index is 0.000000364. The van der Waals surface area contributed by atoms with E-state index in [1.807, 2.05) is 0 Å². The molecular formula is C6H5ClNO5S-. The van der Waals surface area contributed by atoms with Gasteiger partial charge in [0.1, 0.15) is 0 Å². The average molecular weight is 239 g/mol. The molecule has 1 unspecified atom stereocenters. The largest absolute Gasteiger partial charge is 0.750 e. The van der Waals surface area contributed by atoms with Gasteiger partial charge in [-0.15, -0.1) is 0 Å². The second-order valence-corrected chi connectivity index (χ2v) is 2.82. The summed E-state index contributed by atoms with van der Waals surface area (Å²) in [6, 6.07) is 5.70. The Morgan fingerprint density at radius 1 is 1.36 bits per heavy atom. The summed E-state index contributed by atoms with van der Waals surface area (Å²) in [5.41, 5.74) is 0.0596. The summed E-state index contributed by atoms with van der Waals surface area (Å²) in [5.74, 6) is 0. The number of halogens is 1. The van der Waals surface area contributed by atoms with Crippen LogP contribution >= 0.6 is 11.6 Å². The first kappa shape index (κ1) is 13.0. The summed E-state index contributed by atoms with van der Waals surface area (Å²) in [4.78, 5) is 9.61. The fourth-order valence-electron chi connectivity index (χ4n) is 0.563. The maximum absolute atomic E-state index is 10.1. The van der Waals surface area contributed by atoms with E-state index in [9.17, 15) is 10.1 Å². The molecule has 0 heterocycles. The summed E-state index contributed by atoms with van der Waals surface area (Å²) >= 11 is 2.63. The lowest BCUT2D eigenvalue weighted by atomic mass is 10.3. The lowest BCUT2D eigenvalue weighted by Gasteiger charge is -1.88. The van der Waals surface area contributed by atoms with E-state index < -0.39 is 16.3 Å². The Morgan fingerprint density at radius 2 is 1.71 bits per heavy atom. The predicted octanol–water partition coefficient (Wildman–Crippen LogP) is 1.59. The van der Waals surface area contributed by atoms with Gasteiger partial charge in [0.25, 0.3) is 5.69 Å². The molecule has 0 aromatic heterocycles. The van der Waals surface area contributed by atoms with Crippen molar-refractivity contribution in [2.75, 3.05) is 0 Å². The van der Waals surface area contributed by atoms with Crippen molar-refractivity contribution in [3.63, 3.8) is 0 Å². The molecule has 1 aromatic rings. The second kappa shape index (κ2) is 6.44. The molecule has 0 bridgehead atoms. The van der Waals surface area contributed by atoms with E-state index >= 15 is 0 Å². The van der Waals surface area contributed by atoms with Crippen LogP contribution in [0.3, 0.4) is 0 Å². The first-order valence-corrected chi connectivity index (χ1v) is 4.52. The van der Waals surface area contributed by atoms with E-state index in [1.165, 1.54) is 24.3 Å². The third kappa shape index (κ3) is 6.49. The predicted molar refractivity (Wildman–Crippen MR) is 49.7 cm³/mol. The van der Waals surface area contributed by atoms with Crippen LogP contribution in [0.2, 0.25) is 5.02 Å². The first-order valence-electron chi connectivity index (χ1n) is 3.12. The van der Waals surface area contributed by atoms with Gasteiger partial charge in [0.05, 0.1) is 16.3 Å². The van der Waals surface area contributed by atoms with E-state index in [0.717, 1.165) is 0 Å². The lowest BCUT2D eigenvalue weighted by Crippen LogP contribution is -1.85. The van der Waals surface area contributed by atoms with Crippen molar-refractivity contribution in [1.29, 1.82) is 0 Å². The molecule has 1 rings (SSSR count). The molecule has 0 spiro atoms. The van der Waals surface area contributed by atoms with Crippen LogP contribution in [0.15, 0.2) is 24.3 Å². The summed E-state index contributed by atoms with van der Waals surface area (Å²) < 4.78 is 24.1. The highest BCUT2D eigenvalue weighted by atomic mass is 35.5. The zero-order chi connectivity index (χ0) is 11.1. The molecule has 14 heavy (non-hydrogen) atoms. The van der Waals surface area contributed by atoms with Crippen LogP contribution < -0.4 is 0 Å². The monoisotopic (exact) mass is 238 g/mol. The minimum absolute atomic E-state index is 0.0596. The zero-order valence-electron chi connectivity index (χ0n) is 6.62. The maximum atomic E-state index is 10.1. The van der Waals surface area contributed by atoms with Crippen molar-refractivity contribution in [3.8, 4) is 0 Å². The van der Waals surface area contributed by atoms with Gasteiger partial charge in [-0.1, -0.05) is 11.6 Å². The van der Waals surface area contributed by atoms with Crippen LogP contribution in [0, 0.1) is 10.1 Å². The number of benzene rings is 1. The number of hydrogen-bond donors (Lipinski definition) is 1. The second-order valence-electron chi connectivity index (χ2n) is 1.95. The topological polar surface area (TPSA) is 104 Å². The molecule has 1 aromatic carbocycles. The fraction of sp³-hybridized carbons (Fsp3) is 0. The van der Waals surface area contributed by atoms with Gasteiger partial charge in [-0.25, -0.2) is 4.21 Å². The number of nitro benzene ring substituents is 1. The summed E-state index contributed by atoms with van der Waals surface area (Å²) in [6.45, 7) is 0. The Hall–Kier alpha value is -1.02. The van der Waals surface area contributed by atoms with Crippen molar-refractivity contribution in [1.82, 2.24) is 0 Å². The van der Waals surface area contributed by atoms with Crippen LogP contribution in [-0.2, 0) is 11.4 Å². The minimum atomic E-state index is -2.86. The quantitative estimate of drug-likeness (QED) is 0.454. The average Bonchev–Trinajstić information content (AvgIpc) is 2.03. The van der Waals surface area contributed by atoms with Crippen molar-refractivity contribution in [2.24, 2.45) is 0 Å². The van der Waals surface area contributed by atoms with Gasteiger partial charge < -0.3 is 9.11 Å². The molecule has 0 aliphatic heterocycles. The van der Waals surface area contributed by atoms with E-state index in [1.54, 1.807) is 0 Å². The molecule has 0 aliphatic carbocycles. The number of rotatable bonds is 1. The normalized spacial score (nSPS) is 11.1. The van der Waals surface area contributed by atoms with Gasteiger partial charge >= 0.3 is 0 Å². The van der Waals surface area contributed by atoms with Crippen LogP contribution in [0.5, 0.6) is 0 Å². The fourth-order valence-corrected chi connectivity index (χ4v) is 0.689.